The summed E-state index contributed by atoms with van der Waals surface area (Å²) in [6.45, 7) is 0. The van der Waals surface area contributed by atoms with Crippen molar-refractivity contribution in [2.24, 2.45) is 0 Å². The zero-order chi connectivity index (χ0) is 27.6. The smallest absolute Gasteiger partial charge is 0.426 e. The Morgan fingerprint density at radius 1 is 0.692 bits per heavy atom. The minimum Gasteiger partial charge on any atom is -0.457 e. The van der Waals surface area contributed by atoms with Crippen LogP contribution in [0.25, 0.3) is 10.9 Å². The van der Waals surface area contributed by atoms with Crippen LogP contribution < -0.4 is 25.8 Å². The van der Waals surface area contributed by atoms with E-state index in [4.69, 9.17) is 9.47 Å². The number of pyridine rings is 1. The van der Waals surface area contributed by atoms with E-state index in [0.29, 0.717) is 33.9 Å². The maximum absolute atomic E-state index is 13.5. The molecular weight excluding hydrogens is 528 g/mol. The number of fused-ring (bicyclic) bond motifs is 1. The Morgan fingerprint density at radius 3 is 1.72 bits per heavy atom. The fourth-order valence-corrected chi connectivity index (χ4v) is 4.42. The highest BCUT2D eigenvalue weighted by Gasteiger charge is 2.69. The number of ether oxygens (including phenoxy) is 2. The Balaban J connectivity index is 1.17. The van der Waals surface area contributed by atoms with Gasteiger partial charge in [0.2, 0.25) is 11.3 Å². The minimum atomic E-state index is -4.50. The third kappa shape index (κ3) is 4.33. The van der Waals surface area contributed by atoms with E-state index < -0.39 is 23.7 Å². The van der Waals surface area contributed by atoms with Gasteiger partial charge in [-0.15, -0.1) is 0 Å². The summed E-state index contributed by atoms with van der Waals surface area (Å²) in [6.07, 6.45) is -7.51. The van der Waals surface area contributed by atoms with Crippen LogP contribution in [0, 0.1) is 0 Å². The Bertz CT molecular complexity index is 1540. The summed E-state index contributed by atoms with van der Waals surface area (Å²) in [5.74, 6) is 1.43. The van der Waals surface area contributed by atoms with Gasteiger partial charge in [0, 0.05) is 12.4 Å². The first kappa shape index (κ1) is 25.4. The molecule has 3 heterocycles. The van der Waals surface area contributed by atoms with E-state index in [-0.39, 0.29) is 11.1 Å². The van der Waals surface area contributed by atoms with Gasteiger partial charge in [-0.25, -0.2) is 21.3 Å². The fourth-order valence-electron chi connectivity index (χ4n) is 4.42. The largest absolute Gasteiger partial charge is 0.457 e. The van der Waals surface area contributed by atoms with Crippen LogP contribution in [0.15, 0.2) is 79.0 Å². The first-order chi connectivity index (χ1) is 18.4. The quantitative estimate of drug-likeness (QED) is 0.207. The maximum Gasteiger partial charge on any atom is 0.426 e. The van der Waals surface area contributed by atoms with Crippen LogP contribution >= 0.6 is 0 Å². The molecule has 2 aliphatic rings. The summed E-state index contributed by atoms with van der Waals surface area (Å²) < 4.78 is 91.9. The van der Waals surface area contributed by atoms with E-state index in [1.165, 1.54) is 61.8 Å². The lowest BCUT2D eigenvalue weighted by Crippen LogP contribution is -2.35. The predicted molar refractivity (Wildman–Crippen MR) is 127 cm³/mol. The van der Waals surface area contributed by atoms with E-state index in [1.807, 2.05) is 0 Å². The summed E-state index contributed by atoms with van der Waals surface area (Å²) in [5.41, 5.74) is 2.84. The third-order valence-electron chi connectivity index (χ3n) is 6.65. The standard InChI is InChI=1S/C26H19F6N5O2/c1-37-24(36-37,26(30,31)32)17-4-8-18(9-5-17)38-20-10-11-22-15(12-20)13-21(14-33-22)39-19-6-2-16(3-7-19)23(34-35-23)25(27,28)29/h2-14,34-36H,1H3. The molecule has 7 nitrogen and oxygen atoms in total. The molecule has 0 bridgehead atoms. The van der Waals surface area contributed by atoms with Gasteiger partial charge in [0.25, 0.3) is 0 Å². The molecule has 2 atom stereocenters. The molecular formula is C26H19F6N5O2. The molecule has 0 spiro atoms. The third-order valence-corrected chi connectivity index (χ3v) is 6.65. The first-order valence-electron chi connectivity index (χ1n) is 11.6. The number of hydrazine groups is 2. The normalized spacial score (nSPS) is 22.0. The van der Waals surface area contributed by atoms with Crippen molar-refractivity contribution in [3.8, 4) is 23.0 Å². The highest BCUT2D eigenvalue weighted by atomic mass is 19.4. The zero-order valence-corrected chi connectivity index (χ0v) is 20.0. The summed E-state index contributed by atoms with van der Waals surface area (Å²) in [5, 5.41) is 1.65. The molecule has 3 aromatic carbocycles. The summed E-state index contributed by atoms with van der Waals surface area (Å²) in [6, 6.07) is 17.9. The van der Waals surface area contributed by atoms with Gasteiger partial charge in [-0.05, 0) is 59.7 Å². The molecule has 202 valence electrons. The molecule has 0 amide bonds. The molecule has 0 radical (unpaired) electrons. The molecule has 6 rings (SSSR count). The molecule has 0 aliphatic carbocycles. The molecule has 0 saturated carbocycles. The van der Waals surface area contributed by atoms with Crippen molar-refractivity contribution in [3.05, 3.63) is 90.1 Å². The molecule has 1 aromatic heterocycles. The monoisotopic (exact) mass is 547 g/mol. The van der Waals surface area contributed by atoms with Crippen LogP contribution in [-0.2, 0) is 11.3 Å². The second kappa shape index (κ2) is 8.55. The van der Waals surface area contributed by atoms with Crippen LogP contribution in [-0.4, -0.2) is 29.4 Å². The van der Waals surface area contributed by atoms with E-state index in [0.717, 1.165) is 5.01 Å². The van der Waals surface area contributed by atoms with Crippen LogP contribution in [0.4, 0.5) is 26.3 Å². The summed E-state index contributed by atoms with van der Waals surface area (Å²) in [4.78, 5) is 4.33. The van der Waals surface area contributed by atoms with E-state index in [2.05, 4.69) is 21.3 Å². The second-order valence-corrected chi connectivity index (χ2v) is 9.16. The molecule has 39 heavy (non-hydrogen) atoms. The van der Waals surface area contributed by atoms with E-state index >= 15 is 0 Å². The van der Waals surface area contributed by atoms with Crippen molar-refractivity contribution in [1.29, 1.82) is 0 Å². The highest BCUT2D eigenvalue weighted by molar-refractivity contribution is 5.81. The van der Waals surface area contributed by atoms with Gasteiger partial charge in [0.05, 0.1) is 11.7 Å². The Morgan fingerprint density at radius 2 is 1.21 bits per heavy atom. The number of nitrogens with one attached hydrogen (secondary N) is 3. The topological polar surface area (TPSA) is 100 Å². The van der Waals surface area contributed by atoms with Gasteiger partial charge < -0.3 is 9.47 Å². The SMILES string of the molecule is CN1NC1(c1ccc(Oc2ccc3ncc(Oc4ccc(C5(C(F)(F)F)NN5)cc4)cc3c2)cc1)C(F)(F)F. The molecule has 2 saturated heterocycles. The fraction of sp³-hybridized carbons (Fsp3) is 0.192. The van der Waals surface area contributed by atoms with Crippen molar-refractivity contribution in [2.75, 3.05) is 7.05 Å². The Labute approximate surface area is 217 Å². The van der Waals surface area contributed by atoms with Gasteiger partial charge in [-0.2, -0.15) is 26.3 Å². The number of hydrogen-bond acceptors (Lipinski definition) is 7. The lowest BCUT2D eigenvalue weighted by Gasteiger charge is -2.18. The maximum atomic E-state index is 13.5. The van der Waals surface area contributed by atoms with Crippen molar-refractivity contribution in [3.63, 3.8) is 0 Å². The molecule has 3 N–H and O–H groups in total. The van der Waals surface area contributed by atoms with Gasteiger partial charge in [0.1, 0.15) is 23.0 Å². The van der Waals surface area contributed by atoms with Crippen LogP contribution in [0.5, 0.6) is 23.0 Å². The highest BCUT2D eigenvalue weighted by Crippen LogP contribution is 2.49. The van der Waals surface area contributed by atoms with Crippen molar-refractivity contribution >= 4 is 10.9 Å². The van der Waals surface area contributed by atoms with Gasteiger partial charge in [-0.3, -0.25) is 4.98 Å². The zero-order valence-electron chi connectivity index (χ0n) is 20.0. The van der Waals surface area contributed by atoms with Gasteiger partial charge in [-0.1, -0.05) is 24.3 Å². The predicted octanol–water partition coefficient (Wildman–Crippen LogP) is 5.81. The molecule has 2 unspecified atom stereocenters. The Kier molecular flexibility index (Phi) is 5.56. The van der Waals surface area contributed by atoms with Crippen LogP contribution in [0.1, 0.15) is 11.1 Å². The molecule has 2 aliphatic heterocycles. The summed E-state index contributed by atoms with van der Waals surface area (Å²) >= 11 is 0. The van der Waals surface area contributed by atoms with Gasteiger partial charge in [0.15, 0.2) is 0 Å². The second-order valence-electron chi connectivity index (χ2n) is 9.16. The van der Waals surface area contributed by atoms with E-state index in [9.17, 15) is 26.3 Å². The number of rotatable bonds is 6. The number of benzene rings is 3. The molecule has 13 heteroatoms. The van der Waals surface area contributed by atoms with Crippen LogP contribution in [0.3, 0.4) is 0 Å². The number of hydrogen-bond donors (Lipinski definition) is 3. The number of aromatic nitrogens is 1. The van der Waals surface area contributed by atoms with Crippen molar-refractivity contribution in [1.82, 2.24) is 26.3 Å². The number of alkyl halides is 6. The number of halogens is 6. The molecule has 2 fully saturated rings. The van der Waals surface area contributed by atoms with Crippen molar-refractivity contribution < 1.29 is 35.8 Å². The first-order valence-corrected chi connectivity index (χ1v) is 11.6. The van der Waals surface area contributed by atoms with Crippen molar-refractivity contribution in [2.45, 2.75) is 23.7 Å². The molecule has 4 aromatic rings. The average molecular weight is 547 g/mol. The minimum absolute atomic E-state index is 0.00259. The summed E-state index contributed by atoms with van der Waals surface area (Å²) in [7, 11) is 1.32. The Hall–Kier alpha value is -3.91. The van der Waals surface area contributed by atoms with E-state index in [1.54, 1.807) is 24.3 Å². The number of nitrogens with zero attached hydrogens (tertiary/aromatic N) is 2. The lowest BCUT2D eigenvalue weighted by molar-refractivity contribution is -0.174. The average Bonchev–Trinajstić information content (AvgIpc) is 3.80. The van der Waals surface area contributed by atoms with Crippen LogP contribution in [0.2, 0.25) is 0 Å². The van der Waals surface area contributed by atoms with Gasteiger partial charge >= 0.3 is 12.4 Å². The lowest BCUT2D eigenvalue weighted by atomic mass is 10.0.